The van der Waals surface area contributed by atoms with Gasteiger partial charge in [-0.05, 0) is 61.0 Å². The fourth-order valence-electron chi connectivity index (χ4n) is 4.69. The van der Waals surface area contributed by atoms with Gasteiger partial charge in [-0.1, -0.05) is 55.5 Å². The minimum atomic E-state index is -4.02. The van der Waals surface area contributed by atoms with Gasteiger partial charge in [0.15, 0.2) is 5.65 Å². The fraction of sp³-hybridized carbons (Fsp3) is 0.207. The van der Waals surface area contributed by atoms with Crippen LogP contribution >= 0.6 is 0 Å². The van der Waals surface area contributed by atoms with Gasteiger partial charge in [-0.3, -0.25) is 4.57 Å². The Hall–Kier alpha value is -4.24. The molecule has 0 unspecified atom stereocenters. The maximum atomic E-state index is 12.8. The van der Waals surface area contributed by atoms with Crippen LogP contribution in [0, 0.1) is 13.8 Å². The Bertz CT molecular complexity index is 1750. The molecule has 0 aliphatic rings. The van der Waals surface area contributed by atoms with E-state index in [0.29, 0.717) is 11.8 Å². The number of sulfonamides is 1. The molecule has 9 heteroatoms. The number of fused-ring (bicyclic) bond motifs is 2. The number of pyridine rings is 1. The Morgan fingerprint density at radius 3 is 2.45 bits per heavy atom. The van der Waals surface area contributed by atoms with Crippen molar-refractivity contribution in [2.24, 2.45) is 0 Å². The number of aryl methyl sites for hydroxylation is 3. The average molecular weight is 528 g/mol. The quantitative estimate of drug-likeness (QED) is 0.310. The number of aromatic nitrogens is 3. The molecule has 2 heterocycles. The normalized spacial score (nSPS) is 11.7. The van der Waals surface area contributed by atoms with Crippen molar-refractivity contribution in [1.29, 1.82) is 0 Å². The Morgan fingerprint density at radius 2 is 1.68 bits per heavy atom. The molecule has 0 saturated carbocycles. The predicted octanol–water partition coefficient (Wildman–Crippen LogP) is 4.98. The summed E-state index contributed by atoms with van der Waals surface area (Å²) < 4.78 is 29.9. The summed E-state index contributed by atoms with van der Waals surface area (Å²) in [6, 6.07) is 21.4. The summed E-state index contributed by atoms with van der Waals surface area (Å²) in [6.07, 6.45) is 1.32. The minimum Gasteiger partial charge on any atom is -0.337 e. The van der Waals surface area contributed by atoms with Crippen LogP contribution in [-0.4, -0.2) is 35.5 Å². The summed E-state index contributed by atoms with van der Waals surface area (Å²) in [7, 11) is -4.02. The Balaban J connectivity index is 1.25. The van der Waals surface area contributed by atoms with Gasteiger partial charge >= 0.3 is 6.03 Å². The number of nitrogens with zero attached hydrogens (tertiary/aromatic N) is 3. The van der Waals surface area contributed by atoms with Gasteiger partial charge in [-0.25, -0.2) is 27.9 Å². The van der Waals surface area contributed by atoms with E-state index >= 15 is 0 Å². The van der Waals surface area contributed by atoms with Crippen LogP contribution in [0.3, 0.4) is 0 Å². The number of amides is 2. The van der Waals surface area contributed by atoms with Crippen molar-refractivity contribution in [2.45, 2.75) is 38.5 Å². The first-order valence-corrected chi connectivity index (χ1v) is 14.0. The Morgan fingerprint density at radius 1 is 0.947 bits per heavy atom. The molecule has 38 heavy (non-hydrogen) atoms. The van der Waals surface area contributed by atoms with E-state index in [1.54, 1.807) is 18.2 Å². The van der Waals surface area contributed by atoms with Gasteiger partial charge in [0, 0.05) is 29.7 Å². The van der Waals surface area contributed by atoms with E-state index in [0.717, 1.165) is 51.3 Å². The highest BCUT2D eigenvalue weighted by atomic mass is 32.2. The first kappa shape index (κ1) is 25.4. The zero-order valence-electron chi connectivity index (χ0n) is 21.5. The van der Waals surface area contributed by atoms with Crippen molar-refractivity contribution in [3.8, 4) is 5.69 Å². The minimum absolute atomic E-state index is 0.0692. The zero-order chi connectivity index (χ0) is 26.9. The van der Waals surface area contributed by atoms with E-state index in [-0.39, 0.29) is 11.4 Å². The standard InChI is InChI=1S/C29H29N5O3S/c1-4-26-32-27-19(2)18-20(3)31-28(27)34(26)23-14-12-21(13-15-23)16-17-30-29(35)33-38(36,37)25-11-7-9-22-8-5-6-10-24(22)25/h5-15,18H,4,16-17H2,1-3H3,(H2,30,33,35). The number of benzene rings is 3. The van der Waals surface area contributed by atoms with Crippen LogP contribution in [0.5, 0.6) is 0 Å². The zero-order valence-corrected chi connectivity index (χ0v) is 22.3. The summed E-state index contributed by atoms with van der Waals surface area (Å²) >= 11 is 0. The van der Waals surface area contributed by atoms with Crippen LogP contribution in [0.25, 0.3) is 27.6 Å². The molecule has 3 aromatic carbocycles. The number of carbonyl (C=O) groups is 1. The molecule has 0 bridgehead atoms. The molecule has 5 aromatic rings. The summed E-state index contributed by atoms with van der Waals surface area (Å²) in [5, 5.41) is 4.00. The summed E-state index contributed by atoms with van der Waals surface area (Å²) in [6.45, 7) is 6.39. The molecule has 0 radical (unpaired) electrons. The number of hydrogen-bond acceptors (Lipinski definition) is 5. The molecule has 0 aliphatic carbocycles. The summed E-state index contributed by atoms with van der Waals surface area (Å²) in [5.74, 6) is 0.944. The molecule has 0 saturated heterocycles. The molecule has 0 fully saturated rings. The maximum Gasteiger partial charge on any atom is 0.328 e. The Kier molecular flexibility index (Phi) is 6.86. The second-order valence-corrected chi connectivity index (χ2v) is 10.9. The molecule has 8 nitrogen and oxygen atoms in total. The van der Waals surface area contributed by atoms with Crippen LogP contribution in [0.1, 0.15) is 29.6 Å². The summed E-state index contributed by atoms with van der Waals surface area (Å²) in [5.41, 5.74) is 5.78. The first-order chi connectivity index (χ1) is 18.3. The highest BCUT2D eigenvalue weighted by molar-refractivity contribution is 7.90. The molecule has 5 rings (SSSR count). The van der Waals surface area contributed by atoms with E-state index in [1.165, 1.54) is 6.07 Å². The lowest BCUT2D eigenvalue weighted by molar-refractivity contribution is 0.246. The number of imidazole rings is 1. The van der Waals surface area contributed by atoms with Gasteiger partial charge in [-0.15, -0.1) is 0 Å². The molecule has 2 amide bonds. The maximum absolute atomic E-state index is 12.8. The lowest BCUT2D eigenvalue weighted by Gasteiger charge is -2.11. The van der Waals surface area contributed by atoms with E-state index in [1.807, 2.05) is 62.4 Å². The van der Waals surface area contributed by atoms with E-state index in [4.69, 9.17) is 9.97 Å². The highest BCUT2D eigenvalue weighted by Gasteiger charge is 2.20. The number of nitrogens with one attached hydrogen (secondary N) is 2. The largest absolute Gasteiger partial charge is 0.337 e. The van der Waals surface area contributed by atoms with E-state index < -0.39 is 16.1 Å². The molecule has 0 spiro atoms. The smallest absolute Gasteiger partial charge is 0.328 e. The fourth-order valence-corrected chi connectivity index (χ4v) is 5.85. The molecular weight excluding hydrogens is 498 g/mol. The second-order valence-electron chi connectivity index (χ2n) is 9.22. The van der Waals surface area contributed by atoms with Crippen molar-refractivity contribution >= 4 is 38.0 Å². The van der Waals surface area contributed by atoms with Gasteiger partial charge < -0.3 is 5.32 Å². The first-order valence-electron chi connectivity index (χ1n) is 12.5. The predicted molar refractivity (Wildman–Crippen MR) is 149 cm³/mol. The van der Waals surface area contributed by atoms with Crippen LogP contribution in [-0.2, 0) is 22.9 Å². The topological polar surface area (TPSA) is 106 Å². The second kappa shape index (κ2) is 10.3. The third kappa shape index (κ3) is 4.97. The molecule has 2 aromatic heterocycles. The van der Waals surface area contributed by atoms with Gasteiger partial charge in [0.2, 0.25) is 0 Å². The van der Waals surface area contributed by atoms with Gasteiger partial charge in [0.1, 0.15) is 11.3 Å². The van der Waals surface area contributed by atoms with E-state index in [2.05, 4.69) is 21.5 Å². The van der Waals surface area contributed by atoms with Gasteiger partial charge in [-0.2, -0.15) is 0 Å². The molecule has 0 atom stereocenters. The molecular formula is C29H29N5O3S. The van der Waals surface area contributed by atoms with Crippen molar-refractivity contribution in [2.75, 3.05) is 6.54 Å². The number of hydrogen-bond donors (Lipinski definition) is 2. The van der Waals surface area contributed by atoms with Crippen molar-refractivity contribution in [3.63, 3.8) is 0 Å². The van der Waals surface area contributed by atoms with Crippen LogP contribution in [0.4, 0.5) is 4.79 Å². The van der Waals surface area contributed by atoms with Crippen molar-refractivity contribution in [3.05, 3.63) is 95.4 Å². The third-order valence-electron chi connectivity index (χ3n) is 6.48. The molecule has 2 N–H and O–H groups in total. The monoisotopic (exact) mass is 527 g/mol. The molecule has 194 valence electrons. The lowest BCUT2D eigenvalue weighted by Crippen LogP contribution is -2.40. The van der Waals surface area contributed by atoms with E-state index in [9.17, 15) is 13.2 Å². The summed E-state index contributed by atoms with van der Waals surface area (Å²) in [4.78, 5) is 22.0. The highest BCUT2D eigenvalue weighted by Crippen LogP contribution is 2.24. The lowest BCUT2D eigenvalue weighted by atomic mass is 10.1. The number of rotatable bonds is 7. The third-order valence-corrected chi connectivity index (χ3v) is 7.87. The van der Waals surface area contributed by atoms with Crippen molar-refractivity contribution in [1.82, 2.24) is 24.6 Å². The van der Waals surface area contributed by atoms with Crippen LogP contribution < -0.4 is 10.0 Å². The van der Waals surface area contributed by atoms with Crippen LogP contribution in [0.2, 0.25) is 0 Å². The van der Waals surface area contributed by atoms with Crippen molar-refractivity contribution < 1.29 is 13.2 Å². The van der Waals surface area contributed by atoms with Crippen LogP contribution in [0.15, 0.2) is 77.7 Å². The average Bonchev–Trinajstić information content (AvgIpc) is 3.27. The number of carbonyl (C=O) groups excluding carboxylic acids is 1. The van der Waals surface area contributed by atoms with Gasteiger partial charge in [0.25, 0.3) is 10.0 Å². The number of urea groups is 1. The molecule has 0 aliphatic heterocycles. The Labute approximate surface area is 221 Å². The van der Waals surface area contributed by atoms with Gasteiger partial charge in [0.05, 0.1) is 4.90 Å². The SMILES string of the molecule is CCc1nc2c(C)cc(C)nc2n1-c1ccc(CCNC(=O)NS(=O)(=O)c2cccc3ccccc23)cc1.